The molecule has 1 atom stereocenters. The Kier molecular flexibility index (Phi) is 5.25. The summed E-state index contributed by atoms with van der Waals surface area (Å²) in [5.41, 5.74) is 7.78. The van der Waals surface area contributed by atoms with E-state index in [4.69, 9.17) is 10.7 Å². The number of nitrogens with two attached hydrogens (primary N) is 1. The van der Waals surface area contributed by atoms with Crippen LogP contribution in [-0.2, 0) is 16.0 Å². The summed E-state index contributed by atoms with van der Waals surface area (Å²) >= 11 is 1.67. The van der Waals surface area contributed by atoms with Crippen LogP contribution in [0.5, 0.6) is 0 Å². The summed E-state index contributed by atoms with van der Waals surface area (Å²) in [6, 6.07) is 15.4. The van der Waals surface area contributed by atoms with Gasteiger partial charge in [0.25, 0.3) is 0 Å². The Morgan fingerprint density at radius 1 is 1.18 bits per heavy atom. The first-order valence-corrected chi connectivity index (χ1v) is 10.2. The second-order valence-electron chi connectivity index (χ2n) is 7.08. The molecule has 1 fully saturated rings. The Bertz CT molecular complexity index is 966. The van der Waals surface area contributed by atoms with Gasteiger partial charge in [0, 0.05) is 18.8 Å². The van der Waals surface area contributed by atoms with E-state index in [1.807, 2.05) is 42.5 Å². The molecule has 7 heteroatoms. The maximum Gasteiger partial charge on any atom is 0.229 e. The fourth-order valence-corrected chi connectivity index (χ4v) is 4.51. The molecule has 1 aromatic heterocycles. The summed E-state index contributed by atoms with van der Waals surface area (Å²) in [7, 11) is 0. The largest absolute Gasteiger partial charge is 0.369 e. The topological polar surface area (TPSA) is 88.3 Å². The minimum absolute atomic E-state index is 0.0217. The number of thiazole rings is 1. The van der Waals surface area contributed by atoms with Crippen LogP contribution in [0.1, 0.15) is 18.4 Å². The average Bonchev–Trinajstić information content (AvgIpc) is 3.13. The van der Waals surface area contributed by atoms with E-state index < -0.39 is 0 Å². The van der Waals surface area contributed by atoms with Crippen LogP contribution in [0.4, 0.5) is 10.8 Å². The van der Waals surface area contributed by atoms with Crippen molar-refractivity contribution in [1.29, 1.82) is 0 Å². The van der Waals surface area contributed by atoms with Gasteiger partial charge >= 0.3 is 0 Å². The highest BCUT2D eigenvalue weighted by Crippen LogP contribution is 2.31. The Balaban J connectivity index is 1.41. The monoisotopic (exact) mass is 394 g/mol. The van der Waals surface area contributed by atoms with Crippen molar-refractivity contribution in [3.63, 3.8) is 0 Å². The highest BCUT2D eigenvalue weighted by atomic mass is 32.1. The van der Waals surface area contributed by atoms with Crippen LogP contribution in [0.25, 0.3) is 10.2 Å². The number of benzene rings is 2. The summed E-state index contributed by atoms with van der Waals surface area (Å²) < 4.78 is 1.17. The molecule has 6 nitrogen and oxygen atoms in total. The Labute approximate surface area is 167 Å². The lowest BCUT2D eigenvalue weighted by Gasteiger charge is -2.31. The van der Waals surface area contributed by atoms with Gasteiger partial charge < -0.3 is 16.0 Å². The molecule has 0 bridgehead atoms. The molecule has 1 saturated heterocycles. The molecular weight excluding hydrogens is 372 g/mol. The zero-order chi connectivity index (χ0) is 19.5. The first-order chi connectivity index (χ1) is 13.6. The Morgan fingerprint density at radius 3 is 2.71 bits per heavy atom. The fourth-order valence-electron chi connectivity index (χ4n) is 3.51. The highest BCUT2D eigenvalue weighted by Gasteiger charge is 2.27. The van der Waals surface area contributed by atoms with E-state index in [2.05, 4.69) is 16.3 Å². The van der Waals surface area contributed by atoms with Gasteiger partial charge in [0.1, 0.15) is 0 Å². The molecule has 2 amide bonds. The molecule has 2 aromatic carbocycles. The third-order valence-corrected chi connectivity index (χ3v) is 6.04. The molecule has 1 aliphatic rings. The number of piperidine rings is 1. The first kappa shape index (κ1) is 18.4. The van der Waals surface area contributed by atoms with E-state index in [0.29, 0.717) is 6.54 Å². The molecule has 28 heavy (non-hydrogen) atoms. The molecule has 0 radical (unpaired) electrons. The minimum Gasteiger partial charge on any atom is -0.369 e. The van der Waals surface area contributed by atoms with E-state index in [0.717, 1.165) is 41.3 Å². The third-order valence-electron chi connectivity index (χ3n) is 4.95. The molecule has 0 spiro atoms. The Morgan fingerprint density at radius 2 is 1.96 bits per heavy atom. The lowest BCUT2D eigenvalue weighted by Crippen LogP contribution is -2.40. The van der Waals surface area contributed by atoms with Crippen molar-refractivity contribution in [3.05, 3.63) is 54.1 Å². The number of para-hydroxylation sites is 1. The number of nitrogens with zero attached hydrogens (tertiary/aromatic N) is 2. The number of aromatic nitrogens is 1. The summed E-state index contributed by atoms with van der Waals surface area (Å²) in [4.78, 5) is 30.7. The number of carbonyl (C=O) groups is 2. The van der Waals surface area contributed by atoms with Crippen LogP contribution in [0.15, 0.2) is 48.5 Å². The van der Waals surface area contributed by atoms with Crippen LogP contribution >= 0.6 is 11.3 Å². The maximum absolute atomic E-state index is 12.8. The standard InChI is InChI=1S/C21H22N4O2S/c22-19(26)12-14-7-9-16(10-8-14)23-20(27)15-4-3-11-25(13-15)21-24-17-5-1-2-6-18(17)28-21/h1-2,5-10,15H,3-4,11-13H2,(H2,22,26)(H,23,27). The van der Waals surface area contributed by atoms with E-state index in [9.17, 15) is 9.59 Å². The van der Waals surface area contributed by atoms with E-state index in [1.54, 1.807) is 11.3 Å². The van der Waals surface area contributed by atoms with E-state index in [1.165, 1.54) is 4.70 Å². The summed E-state index contributed by atoms with van der Waals surface area (Å²) in [5.74, 6) is -0.423. The molecule has 144 valence electrons. The molecule has 3 N–H and O–H groups in total. The van der Waals surface area contributed by atoms with Crippen molar-refractivity contribution >= 4 is 44.2 Å². The van der Waals surface area contributed by atoms with Crippen LogP contribution in [-0.4, -0.2) is 29.9 Å². The normalized spacial score (nSPS) is 16.9. The first-order valence-electron chi connectivity index (χ1n) is 9.37. The number of primary amides is 1. The number of fused-ring (bicyclic) bond motifs is 1. The van der Waals surface area contributed by atoms with E-state index >= 15 is 0 Å². The molecule has 1 aliphatic heterocycles. The molecular formula is C21H22N4O2S. The molecule has 0 aliphatic carbocycles. The Hall–Kier alpha value is -2.93. The van der Waals surface area contributed by atoms with E-state index in [-0.39, 0.29) is 24.2 Å². The van der Waals surface area contributed by atoms with Gasteiger partial charge in [-0.05, 0) is 42.7 Å². The van der Waals surface area contributed by atoms with Crippen LogP contribution in [0, 0.1) is 5.92 Å². The number of anilines is 2. The quantitative estimate of drug-likeness (QED) is 0.696. The van der Waals surface area contributed by atoms with Crippen molar-refractivity contribution in [2.24, 2.45) is 11.7 Å². The second kappa shape index (κ2) is 7.98. The minimum atomic E-state index is -0.367. The van der Waals surface area contributed by atoms with Gasteiger partial charge in [-0.25, -0.2) is 4.98 Å². The van der Waals surface area contributed by atoms with Gasteiger partial charge in [-0.1, -0.05) is 35.6 Å². The number of hydrogen-bond acceptors (Lipinski definition) is 5. The fraction of sp³-hybridized carbons (Fsp3) is 0.286. The van der Waals surface area contributed by atoms with Crippen LogP contribution in [0.2, 0.25) is 0 Å². The van der Waals surface area contributed by atoms with Crippen molar-refractivity contribution in [2.45, 2.75) is 19.3 Å². The molecule has 0 saturated carbocycles. The summed E-state index contributed by atoms with van der Waals surface area (Å²) in [5, 5.41) is 3.97. The molecule has 4 rings (SSSR count). The number of amides is 2. The lowest BCUT2D eigenvalue weighted by molar-refractivity contribution is -0.120. The average molecular weight is 395 g/mol. The third kappa shape index (κ3) is 4.14. The van der Waals surface area contributed by atoms with Crippen molar-refractivity contribution in [1.82, 2.24) is 4.98 Å². The number of carbonyl (C=O) groups excluding carboxylic acids is 2. The zero-order valence-corrected chi connectivity index (χ0v) is 16.2. The smallest absolute Gasteiger partial charge is 0.229 e. The number of nitrogens with one attached hydrogen (secondary N) is 1. The predicted octanol–water partition coefficient (Wildman–Crippen LogP) is 3.18. The summed E-state index contributed by atoms with van der Waals surface area (Å²) in [6.07, 6.45) is 2.03. The lowest BCUT2D eigenvalue weighted by atomic mass is 9.97. The van der Waals surface area contributed by atoms with Crippen molar-refractivity contribution in [2.75, 3.05) is 23.3 Å². The van der Waals surface area contributed by atoms with Gasteiger partial charge in [0.05, 0.1) is 22.6 Å². The van der Waals surface area contributed by atoms with Gasteiger partial charge in [-0.2, -0.15) is 0 Å². The van der Waals surface area contributed by atoms with Gasteiger partial charge in [-0.3, -0.25) is 9.59 Å². The number of rotatable bonds is 5. The number of hydrogen-bond donors (Lipinski definition) is 2. The highest BCUT2D eigenvalue weighted by molar-refractivity contribution is 7.22. The van der Waals surface area contributed by atoms with Gasteiger partial charge in [0.2, 0.25) is 11.8 Å². The van der Waals surface area contributed by atoms with Crippen LogP contribution < -0.4 is 16.0 Å². The maximum atomic E-state index is 12.8. The second-order valence-corrected chi connectivity index (χ2v) is 8.09. The van der Waals surface area contributed by atoms with Gasteiger partial charge in [-0.15, -0.1) is 0 Å². The van der Waals surface area contributed by atoms with Gasteiger partial charge in [0.15, 0.2) is 5.13 Å². The van der Waals surface area contributed by atoms with Crippen LogP contribution in [0.3, 0.4) is 0 Å². The molecule has 2 heterocycles. The SMILES string of the molecule is NC(=O)Cc1ccc(NC(=O)C2CCCN(c3nc4ccccc4s3)C2)cc1. The molecule has 3 aromatic rings. The predicted molar refractivity (Wildman–Crippen MR) is 113 cm³/mol. The zero-order valence-electron chi connectivity index (χ0n) is 15.4. The van der Waals surface area contributed by atoms with Crippen molar-refractivity contribution in [3.8, 4) is 0 Å². The van der Waals surface area contributed by atoms with Crippen molar-refractivity contribution < 1.29 is 9.59 Å². The molecule has 1 unspecified atom stereocenters. The summed E-state index contributed by atoms with van der Waals surface area (Å²) in [6.45, 7) is 1.59.